The van der Waals surface area contributed by atoms with E-state index >= 15 is 0 Å². The maximum Gasteiger partial charge on any atom is 0.0459 e. The van der Waals surface area contributed by atoms with Crippen molar-refractivity contribution in [1.82, 2.24) is 0 Å². The number of hydrogen-bond acceptors (Lipinski definition) is 0. The molecule has 2 aromatic rings. The van der Waals surface area contributed by atoms with Gasteiger partial charge in [0.25, 0.3) is 0 Å². The molecule has 0 unspecified atom stereocenters. The van der Waals surface area contributed by atoms with Gasteiger partial charge in [-0.15, -0.1) is 0 Å². The minimum Gasteiger partial charge on any atom is -0.0582 e. The Kier molecular flexibility index (Phi) is 7.14. The van der Waals surface area contributed by atoms with E-state index in [0.29, 0.717) is 0 Å². The highest BCUT2D eigenvalue weighted by Gasteiger charge is 2.00. The molecule has 0 nitrogen and oxygen atoms in total. The number of hydrogen-bond donors (Lipinski definition) is 0. The molecule has 0 amide bonds. The van der Waals surface area contributed by atoms with E-state index in [0.717, 1.165) is 17.9 Å². The van der Waals surface area contributed by atoms with Gasteiger partial charge in [0.2, 0.25) is 0 Å². The molecule has 0 aliphatic heterocycles. The molecule has 0 atom stereocenters. The minimum absolute atomic E-state index is 1.07. The van der Waals surface area contributed by atoms with E-state index in [1.807, 2.05) is 12.1 Å². The summed E-state index contributed by atoms with van der Waals surface area (Å²) >= 11 is 13.6. The summed E-state index contributed by atoms with van der Waals surface area (Å²) in [7, 11) is 0. The first-order chi connectivity index (χ1) is 8.40. The van der Waals surface area contributed by atoms with E-state index in [1.54, 1.807) is 0 Å². The standard InChI is InChI=1S/C7H5Br3.C7H7Br/c1-4-2-5(8)7(10)6(9)3-4;1-6-2-4-7(8)5-3-6/h2-3H,1H3;2-5H,1H3. The summed E-state index contributed by atoms with van der Waals surface area (Å²) in [6.45, 7) is 4.13. The fourth-order valence-electron chi connectivity index (χ4n) is 1.22. The average Bonchev–Trinajstić information content (AvgIpc) is 2.31. The highest BCUT2D eigenvalue weighted by molar-refractivity contribution is 9.14. The van der Waals surface area contributed by atoms with Crippen LogP contribution in [0.5, 0.6) is 0 Å². The fourth-order valence-corrected chi connectivity index (χ4v) is 3.12. The Balaban J connectivity index is 0.000000184. The van der Waals surface area contributed by atoms with Gasteiger partial charge in [0, 0.05) is 17.9 Å². The van der Waals surface area contributed by atoms with Crippen molar-refractivity contribution in [1.29, 1.82) is 0 Å². The van der Waals surface area contributed by atoms with Crippen molar-refractivity contribution >= 4 is 63.7 Å². The van der Waals surface area contributed by atoms with Crippen LogP contribution in [0.2, 0.25) is 0 Å². The smallest absolute Gasteiger partial charge is 0.0459 e. The van der Waals surface area contributed by atoms with Crippen molar-refractivity contribution in [3.8, 4) is 0 Å². The second kappa shape index (κ2) is 7.83. The monoisotopic (exact) mass is 496 g/mol. The van der Waals surface area contributed by atoms with Gasteiger partial charge in [0.1, 0.15) is 0 Å². The topological polar surface area (TPSA) is 0 Å². The van der Waals surface area contributed by atoms with E-state index in [-0.39, 0.29) is 0 Å². The van der Waals surface area contributed by atoms with Crippen molar-refractivity contribution < 1.29 is 0 Å². The van der Waals surface area contributed by atoms with E-state index < -0.39 is 0 Å². The Bertz CT molecular complexity index is 474. The second-order valence-electron chi connectivity index (χ2n) is 3.84. The van der Waals surface area contributed by atoms with Crippen LogP contribution in [0.4, 0.5) is 0 Å². The maximum atomic E-state index is 3.42. The molecule has 2 aromatic carbocycles. The molecular formula is C14H12Br4. The lowest BCUT2D eigenvalue weighted by Crippen LogP contribution is -1.75. The zero-order valence-corrected chi connectivity index (χ0v) is 16.3. The molecule has 0 radical (unpaired) electrons. The van der Waals surface area contributed by atoms with Crippen molar-refractivity contribution in [3.63, 3.8) is 0 Å². The van der Waals surface area contributed by atoms with E-state index in [1.165, 1.54) is 11.1 Å². The largest absolute Gasteiger partial charge is 0.0582 e. The summed E-state index contributed by atoms with van der Waals surface area (Å²) in [4.78, 5) is 0. The zero-order valence-electron chi connectivity index (χ0n) is 9.98. The van der Waals surface area contributed by atoms with Gasteiger partial charge in [-0.25, -0.2) is 0 Å². The maximum absolute atomic E-state index is 3.42. The van der Waals surface area contributed by atoms with Gasteiger partial charge in [-0.3, -0.25) is 0 Å². The summed E-state index contributed by atoms with van der Waals surface area (Å²) < 4.78 is 4.37. The fraction of sp³-hybridized carbons (Fsp3) is 0.143. The van der Waals surface area contributed by atoms with Crippen LogP contribution in [0, 0.1) is 13.8 Å². The summed E-state index contributed by atoms with van der Waals surface area (Å²) in [5.74, 6) is 0. The van der Waals surface area contributed by atoms with Crippen molar-refractivity contribution in [2.75, 3.05) is 0 Å². The molecule has 96 valence electrons. The van der Waals surface area contributed by atoms with Crippen molar-refractivity contribution in [3.05, 3.63) is 65.4 Å². The van der Waals surface area contributed by atoms with Gasteiger partial charge >= 0.3 is 0 Å². The molecule has 0 fully saturated rings. The lowest BCUT2D eigenvalue weighted by molar-refractivity contribution is 1.40. The van der Waals surface area contributed by atoms with Gasteiger partial charge in [0.05, 0.1) is 0 Å². The third-order valence-electron chi connectivity index (χ3n) is 2.14. The number of aryl methyl sites for hydroxylation is 2. The van der Waals surface area contributed by atoms with Crippen LogP contribution in [0.25, 0.3) is 0 Å². The second-order valence-corrected chi connectivity index (χ2v) is 7.26. The molecule has 0 aliphatic carbocycles. The summed E-state index contributed by atoms with van der Waals surface area (Å²) in [6, 6.07) is 12.3. The van der Waals surface area contributed by atoms with Crippen LogP contribution in [-0.2, 0) is 0 Å². The first-order valence-electron chi connectivity index (χ1n) is 5.23. The molecule has 0 saturated carbocycles. The quantitative estimate of drug-likeness (QED) is 0.341. The molecule has 0 spiro atoms. The Morgan fingerprint density at radius 2 is 1.11 bits per heavy atom. The SMILES string of the molecule is Cc1cc(Br)c(Br)c(Br)c1.Cc1ccc(Br)cc1. The first-order valence-corrected chi connectivity index (χ1v) is 8.40. The van der Waals surface area contributed by atoms with Gasteiger partial charge < -0.3 is 0 Å². The number of rotatable bonds is 0. The molecule has 0 aromatic heterocycles. The van der Waals surface area contributed by atoms with Crippen LogP contribution in [0.15, 0.2) is 54.3 Å². The molecule has 0 N–H and O–H groups in total. The van der Waals surface area contributed by atoms with Gasteiger partial charge in [-0.1, -0.05) is 33.6 Å². The van der Waals surface area contributed by atoms with E-state index in [2.05, 4.69) is 102 Å². The first kappa shape index (κ1) is 16.4. The Morgan fingerprint density at radius 1 is 0.667 bits per heavy atom. The van der Waals surface area contributed by atoms with E-state index in [4.69, 9.17) is 0 Å². The average molecular weight is 500 g/mol. The van der Waals surface area contributed by atoms with Gasteiger partial charge in [0.15, 0.2) is 0 Å². The van der Waals surface area contributed by atoms with Crippen molar-refractivity contribution in [2.24, 2.45) is 0 Å². The molecule has 0 saturated heterocycles. The predicted molar refractivity (Wildman–Crippen MR) is 93.2 cm³/mol. The summed E-state index contributed by atoms with van der Waals surface area (Å²) in [5.41, 5.74) is 2.54. The lowest BCUT2D eigenvalue weighted by atomic mass is 10.2. The molecular weight excluding hydrogens is 488 g/mol. The molecule has 2 rings (SSSR count). The molecule has 18 heavy (non-hydrogen) atoms. The molecule has 0 bridgehead atoms. The molecule has 0 aliphatic rings. The van der Waals surface area contributed by atoms with Crippen molar-refractivity contribution in [2.45, 2.75) is 13.8 Å². The zero-order chi connectivity index (χ0) is 13.7. The molecule has 4 heteroatoms. The highest BCUT2D eigenvalue weighted by atomic mass is 79.9. The third kappa shape index (κ3) is 5.55. The van der Waals surface area contributed by atoms with Crippen LogP contribution in [-0.4, -0.2) is 0 Å². The lowest BCUT2D eigenvalue weighted by Gasteiger charge is -2.00. The van der Waals surface area contributed by atoms with Crippen LogP contribution < -0.4 is 0 Å². The van der Waals surface area contributed by atoms with Crippen LogP contribution in [0.3, 0.4) is 0 Å². The van der Waals surface area contributed by atoms with Gasteiger partial charge in [-0.05, 0) is 91.5 Å². The Hall–Kier alpha value is 0.360. The van der Waals surface area contributed by atoms with Gasteiger partial charge in [-0.2, -0.15) is 0 Å². The molecule has 0 heterocycles. The summed E-state index contributed by atoms with van der Waals surface area (Å²) in [6.07, 6.45) is 0. The Labute approximate surface area is 142 Å². The van der Waals surface area contributed by atoms with E-state index in [9.17, 15) is 0 Å². The minimum atomic E-state index is 1.07. The normalized spacial score (nSPS) is 9.67. The number of benzene rings is 2. The summed E-state index contributed by atoms with van der Waals surface area (Å²) in [5, 5.41) is 0. The van der Waals surface area contributed by atoms with Crippen LogP contribution in [0.1, 0.15) is 11.1 Å². The highest BCUT2D eigenvalue weighted by Crippen LogP contribution is 2.31. The number of halogens is 4. The predicted octanol–water partition coefficient (Wildman–Crippen LogP) is 7.04. The third-order valence-corrected chi connectivity index (χ3v) is 5.84. The Morgan fingerprint density at radius 3 is 1.50 bits per heavy atom. The van der Waals surface area contributed by atoms with Crippen LogP contribution >= 0.6 is 63.7 Å².